The molecule has 1 aliphatic carbocycles. The van der Waals surface area contributed by atoms with Crippen LogP contribution in [0.2, 0.25) is 0 Å². The van der Waals surface area contributed by atoms with E-state index in [9.17, 15) is 0 Å². The third-order valence-corrected chi connectivity index (χ3v) is 6.63. The largest absolute Gasteiger partial charge is 0.356 e. The second kappa shape index (κ2) is 9.47. The summed E-state index contributed by atoms with van der Waals surface area (Å²) in [6.45, 7) is 5.82. The van der Waals surface area contributed by atoms with Crippen molar-refractivity contribution in [3.8, 4) is 0 Å². The molecule has 2 aromatic rings. The van der Waals surface area contributed by atoms with Gasteiger partial charge in [0.2, 0.25) is 0 Å². The first-order valence-electron chi connectivity index (χ1n) is 11.1. The van der Waals surface area contributed by atoms with E-state index in [2.05, 4.69) is 73.9 Å². The summed E-state index contributed by atoms with van der Waals surface area (Å²) in [5.41, 5.74) is 2.88. The SMILES string of the molecule is CN=C(NCc1cccnc1N1CCN(C)CC1)NCC1(c2ccccc2)CCC1. The lowest BCUT2D eigenvalue weighted by Crippen LogP contribution is -2.49. The van der Waals surface area contributed by atoms with Crippen LogP contribution in [-0.2, 0) is 12.0 Å². The number of hydrogen-bond acceptors (Lipinski definition) is 4. The lowest BCUT2D eigenvalue weighted by Gasteiger charge is -2.43. The third kappa shape index (κ3) is 4.59. The molecule has 1 saturated carbocycles. The lowest BCUT2D eigenvalue weighted by atomic mass is 9.64. The molecule has 1 aliphatic heterocycles. The Hall–Kier alpha value is -2.60. The van der Waals surface area contributed by atoms with Crippen molar-refractivity contribution in [1.82, 2.24) is 20.5 Å². The van der Waals surface area contributed by atoms with Gasteiger partial charge in [-0.1, -0.05) is 42.8 Å². The topological polar surface area (TPSA) is 55.8 Å². The van der Waals surface area contributed by atoms with E-state index in [1.165, 1.54) is 30.4 Å². The van der Waals surface area contributed by atoms with Crippen LogP contribution in [0, 0.1) is 0 Å². The summed E-state index contributed by atoms with van der Waals surface area (Å²) in [7, 11) is 4.02. The standard InChI is InChI=1S/C24H34N6/c1-25-23(28-19-24(11-7-12-24)21-9-4-3-5-10-21)27-18-20-8-6-13-26-22(20)30-16-14-29(2)15-17-30/h3-6,8-10,13H,7,11-12,14-19H2,1-2H3,(H2,25,27,28). The zero-order valence-corrected chi connectivity index (χ0v) is 18.3. The monoisotopic (exact) mass is 406 g/mol. The molecule has 2 aliphatic rings. The highest BCUT2D eigenvalue weighted by Gasteiger charge is 2.38. The molecule has 6 heteroatoms. The summed E-state index contributed by atoms with van der Waals surface area (Å²) < 4.78 is 0. The van der Waals surface area contributed by atoms with Gasteiger partial charge in [0.05, 0.1) is 0 Å². The fourth-order valence-corrected chi connectivity index (χ4v) is 4.49. The van der Waals surface area contributed by atoms with Gasteiger partial charge in [-0.15, -0.1) is 0 Å². The first-order chi connectivity index (χ1) is 14.7. The Labute approximate surface area is 180 Å². The fraction of sp³-hybridized carbons (Fsp3) is 0.500. The van der Waals surface area contributed by atoms with Crippen molar-refractivity contribution in [2.75, 3.05) is 51.7 Å². The van der Waals surface area contributed by atoms with Crippen LogP contribution in [-0.4, -0.2) is 62.7 Å². The van der Waals surface area contributed by atoms with Crippen molar-refractivity contribution in [3.63, 3.8) is 0 Å². The highest BCUT2D eigenvalue weighted by Crippen LogP contribution is 2.43. The predicted molar refractivity (Wildman–Crippen MR) is 124 cm³/mol. The predicted octanol–water partition coefficient (Wildman–Crippen LogP) is 2.62. The number of likely N-dealkylation sites (N-methyl/N-ethyl adjacent to an activating group) is 1. The van der Waals surface area contributed by atoms with Crippen molar-refractivity contribution in [3.05, 3.63) is 59.8 Å². The lowest BCUT2D eigenvalue weighted by molar-refractivity contribution is 0.244. The maximum atomic E-state index is 4.69. The Morgan fingerprint density at radius 1 is 1.03 bits per heavy atom. The average molecular weight is 407 g/mol. The number of hydrogen-bond donors (Lipinski definition) is 2. The van der Waals surface area contributed by atoms with E-state index in [0.29, 0.717) is 6.54 Å². The summed E-state index contributed by atoms with van der Waals surface area (Å²) >= 11 is 0. The van der Waals surface area contributed by atoms with Gasteiger partial charge in [-0.25, -0.2) is 4.98 Å². The minimum Gasteiger partial charge on any atom is -0.356 e. The minimum atomic E-state index is 0.234. The molecular formula is C24H34N6. The van der Waals surface area contributed by atoms with Crippen LogP contribution in [0.15, 0.2) is 53.7 Å². The Kier molecular flexibility index (Phi) is 6.53. The average Bonchev–Trinajstić information content (AvgIpc) is 2.76. The van der Waals surface area contributed by atoms with Gasteiger partial charge in [-0.05, 0) is 31.5 Å². The molecule has 2 heterocycles. The number of piperazine rings is 1. The number of nitrogens with zero attached hydrogens (tertiary/aromatic N) is 4. The van der Waals surface area contributed by atoms with Gasteiger partial charge in [0.15, 0.2) is 5.96 Å². The van der Waals surface area contributed by atoms with Crippen molar-refractivity contribution >= 4 is 11.8 Å². The molecule has 2 fully saturated rings. The molecular weight excluding hydrogens is 372 g/mol. The van der Waals surface area contributed by atoms with Crippen LogP contribution in [0.1, 0.15) is 30.4 Å². The quantitative estimate of drug-likeness (QED) is 0.571. The molecule has 1 aromatic heterocycles. The number of benzene rings is 1. The third-order valence-electron chi connectivity index (χ3n) is 6.63. The van der Waals surface area contributed by atoms with Gasteiger partial charge in [0.1, 0.15) is 5.82 Å². The maximum absolute atomic E-state index is 4.69. The molecule has 30 heavy (non-hydrogen) atoms. The molecule has 2 N–H and O–H groups in total. The number of guanidine groups is 1. The second-order valence-electron chi connectivity index (χ2n) is 8.56. The highest BCUT2D eigenvalue weighted by molar-refractivity contribution is 5.80. The first-order valence-corrected chi connectivity index (χ1v) is 11.1. The molecule has 1 saturated heterocycles. The van der Waals surface area contributed by atoms with Gasteiger partial charge in [0, 0.05) is 63.5 Å². The van der Waals surface area contributed by atoms with Gasteiger partial charge < -0.3 is 20.4 Å². The van der Waals surface area contributed by atoms with Gasteiger partial charge in [0.25, 0.3) is 0 Å². The van der Waals surface area contributed by atoms with E-state index < -0.39 is 0 Å². The molecule has 0 amide bonds. The van der Waals surface area contributed by atoms with E-state index in [4.69, 9.17) is 0 Å². The van der Waals surface area contributed by atoms with Crippen LogP contribution >= 0.6 is 0 Å². The number of anilines is 1. The zero-order valence-electron chi connectivity index (χ0n) is 18.3. The molecule has 160 valence electrons. The number of aromatic nitrogens is 1. The van der Waals surface area contributed by atoms with Crippen LogP contribution in [0.4, 0.5) is 5.82 Å². The molecule has 0 atom stereocenters. The molecule has 4 rings (SSSR count). The van der Waals surface area contributed by atoms with Crippen molar-refractivity contribution in [2.45, 2.75) is 31.2 Å². The summed E-state index contributed by atoms with van der Waals surface area (Å²) in [4.78, 5) is 13.9. The summed E-state index contributed by atoms with van der Waals surface area (Å²) in [5.74, 6) is 1.94. The molecule has 0 radical (unpaired) electrons. The molecule has 1 aromatic carbocycles. The Balaban J connectivity index is 1.36. The Morgan fingerprint density at radius 2 is 1.80 bits per heavy atom. The number of pyridine rings is 1. The Morgan fingerprint density at radius 3 is 2.47 bits per heavy atom. The van der Waals surface area contributed by atoms with Crippen LogP contribution in [0.3, 0.4) is 0 Å². The second-order valence-corrected chi connectivity index (χ2v) is 8.56. The minimum absolute atomic E-state index is 0.234. The zero-order chi connectivity index (χ0) is 20.8. The van der Waals surface area contributed by atoms with E-state index in [1.807, 2.05) is 19.3 Å². The fourth-order valence-electron chi connectivity index (χ4n) is 4.49. The van der Waals surface area contributed by atoms with Gasteiger partial charge in [-0.3, -0.25) is 4.99 Å². The number of rotatable bonds is 6. The molecule has 6 nitrogen and oxygen atoms in total. The van der Waals surface area contributed by atoms with Crippen LogP contribution < -0.4 is 15.5 Å². The van der Waals surface area contributed by atoms with Crippen molar-refractivity contribution < 1.29 is 0 Å². The maximum Gasteiger partial charge on any atom is 0.191 e. The van der Waals surface area contributed by atoms with Crippen LogP contribution in [0.5, 0.6) is 0 Å². The summed E-state index contributed by atoms with van der Waals surface area (Å²) in [6.07, 6.45) is 5.66. The summed E-state index contributed by atoms with van der Waals surface area (Å²) in [5, 5.41) is 7.09. The number of nitrogens with one attached hydrogen (secondary N) is 2. The van der Waals surface area contributed by atoms with Crippen molar-refractivity contribution in [2.24, 2.45) is 4.99 Å². The van der Waals surface area contributed by atoms with E-state index in [1.54, 1.807) is 0 Å². The van der Waals surface area contributed by atoms with E-state index in [0.717, 1.165) is 44.5 Å². The molecule has 0 bridgehead atoms. The Bertz CT molecular complexity index is 838. The van der Waals surface area contributed by atoms with Crippen LogP contribution in [0.25, 0.3) is 0 Å². The number of aliphatic imine (C=N–C) groups is 1. The van der Waals surface area contributed by atoms with Crippen molar-refractivity contribution in [1.29, 1.82) is 0 Å². The molecule has 0 unspecified atom stereocenters. The highest BCUT2D eigenvalue weighted by atomic mass is 15.3. The molecule has 0 spiro atoms. The first kappa shape index (κ1) is 20.7. The summed E-state index contributed by atoms with van der Waals surface area (Å²) in [6, 6.07) is 15.1. The smallest absolute Gasteiger partial charge is 0.191 e. The van der Waals surface area contributed by atoms with Gasteiger partial charge in [-0.2, -0.15) is 0 Å². The normalized spacial score (nSPS) is 19.3. The van der Waals surface area contributed by atoms with Gasteiger partial charge >= 0.3 is 0 Å². The van der Waals surface area contributed by atoms with E-state index >= 15 is 0 Å². The van der Waals surface area contributed by atoms with E-state index in [-0.39, 0.29) is 5.41 Å².